The molecule has 1 heterocycles. The molecule has 0 saturated heterocycles. The number of thioether (sulfide) groups is 1. The summed E-state index contributed by atoms with van der Waals surface area (Å²) in [6, 6.07) is 15.1. The maximum Gasteiger partial charge on any atom is 0.319 e. The van der Waals surface area contributed by atoms with Crippen LogP contribution in [0.25, 0.3) is 0 Å². The van der Waals surface area contributed by atoms with Crippen LogP contribution in [0.2, 0.25) is 0 Å². The third-order valence-electron chi connectivity index (χ3n) is 5.33. The second kappa shape index (κ2) is 11.5. The van der Waals surface area contributed by atoms with Crippen molar-refractivity contribution in [3.05, 3.63) is 76.1 Å². The number of hydrogen-bond donors (Lipinski definition) is 2. The number of anilines is 1. The number of rotatable bonds is 8. The van der Waals surface area contributed by atoms with E-state index in [9.17, 15) is 24.0 Å². The topological polar surface area (TPSA) is 108 Å². The molecule has 2 aromatic carbocycles. The van der Waals surface area contributed by atoms with Crippen molar-refractivity contribution in [3.63, 3.8) is 0 Å². The van der Waals surface area contributed by atoms with Gasteiger partial charge in [0.2, 0.25) is 11.8 Å². The molecule has 2 aromatic rings. The van der Waals surface area contributed by atoms with Crippen LogP contribution in [-0.4, -0.2) is 30.1 Å². The molecule has 3 rings (SSSR count). The lowest BCUT2D eigenvalue weighted by atomic mass is 9.78. The van der Waals surface area contributed by atoms with Crippen LogP contribution in [0, 0.1) is 23.1 Å². The molecule has 0 saturated carbocycles. The normalized spacial score (nSPS) is 17.5. The lowest BCUT2D eigenvalue weighted by Crippen LogP contribution is -2.44. The first kappa shape index (κ1) is 25.0. The lowest BCUT2D eigenvalue weighted by Gasteiger charge is -2.31. The first-order valence-corrected chi connectivity index (χ1v) is 11.8. The highest BCUT2D eigenvalue weighted by molar-refractivity contribution is 8.03. The Morgan fingerprint density at radius 1 is 1.18 bits per heavy atom. The number of hydrogen-bond acceptors (Lipinski definition) is 6. The third kappa shape index (κ3) is 5.46. The van der Waals surface area contributed by atoms with Gasteiger partial charge in [-0.2, -0.15) is 5.26 Å². The molecule has 2 N–H and O–H groups in total. The van der Waals surface area contributed by atoms with E-state index in [0.717, 1.165) is 23.7 Å². The molecule has 9 heteroatoms. The highest BCUT2D eigenvalue weighted by Crippen LogP contribution is 2.41. The summed E-state index contributed by atoms with van der Waals surface area (Å²) in [5.41, 5.74) is 1.69. The number of halogens is 1. The largest absolute Gasteiger partial charge is 0.465 e. The molecule has 0 unspecified atom stereocenters. The Morgan fingerprint density at radius 2 is 1.88 bits per heavy atom. The SMILES string of the molecule is CCOC(=O)[C@@H]1C(=O)NC(SCC(=O)Nc2ccccc2CC)=C(C#N)[C@H]1c1ccccc1F. The highest BCUT2D eigenvalue weighted by Gasteiger charge is 2.45. The predicted molar refractivity (Wildman–Crippen MR) is 127 cm³/mol. The van der Waals surface area contributed by atoms with Crippen molar-refractivity contribution in [3.8, 4) is 6.07 Å². The van der Waals surface area contributed by atoms with Gasteiger partial charge in [0, 0.05) is 11.6 Å². The van der Waals surface area contributed by atoms with E-state index >= 15 is 0 Å². The first-order valence-electron chi connectivity index (χ1n) is 10.8. The Balaban J connectivity index is 1.91. The van der Waals surface area contributed by atoms with Gasteiger partial charge in [-0.3, -0.25) is 14.4 Å². The van der Waals surface area contributed by atoms with Crippen molar-refractivity contribution in [2.45, 2.75) is 26.2 Å². The Bertz CT molecular complexity index is 1170. The standard InChI is InChI=1S/C25H24FN3O4S/c1-3-15-9-5-8-12-19(15)28-20(30)14-34-24-17(13-27)21(16-10-6-7-11-18(16)26)22(23(31)29-24)25(32)33-4-2/h5-12,21-22H,3-4,14H2,1-2H3,(H,28,30)(H,29,31)/t21-,22+/m1/s1. The van der Waals surface area contributed by atoms with E-state index in [4.69, 9.17) is 4.74 Å². The molecule has 2 atom stereocenters. The molecular weight excluding hydrogens is 457 g/mol. The van der Waals surface area contributed by atoms with Crippen molar-refractivity contribution < 1.29 is 23.5 Å². The number of esters is 1. The minimum Gasteiger partial charge on any atom is -0.465 e. The van der Waals surface area contributed by atoms with Crippen LogP contribution in [0.15, 0.2) is 59.1 Å². The van der Waals surface area contributed by atoms with Crippen LogP contribution in [0.5, 0.6) is 0 Å². The zero-order valence-electron chi connectivity index (χ0n) is 18.8. The van der Waals surface area contributed by atoms with Gasteiger partial charge in [0.15, 0.2) is 0 Å². The number of para-hydroxylation sites is 1. The first-order chi connectivity index (χ1) is 16.4. The third-order valence-corrected chi connectivity index (χ3v) is 6.35. The highest BCUT2D eigenvalue weighted by atomic mass is 32.2. The Labute approximate surface area is 201 Å². The molecule has 0 spiro atoms. The average molecular weight is 482 g/mol. The van der Waals surface area contributed by atoms with Crippen LogP contribution in [0.3, 0.4) is 0 Å². The van der Waals surface area contributed by atoms with E-state index in [0.29, 0.717) is 5.69 Å². The van der Waals surface area contributed by atoms with Crippen LogP contribution < -0.4 is 10.6 Å². The Hall–Kier alpha value is -3.64. The van der Waals surface area contributed by atoms with Crippen molar-refractivity contribution in [2.75, 3.05) is 17.7 Å². The minimum absolute atomic E-state index is 0.00508. The van der Waals surface area contributed by atoms with Gasteiger partial charge in [0.1, 0.15) is 11.7 Å². The lowest BCUT2D eigenvalue weighted by molar-refractivity contribution is -0.152. The number of benzene rings is 2. The predicted octanol–water partition coefficient (Wildman–Crippen LogP) is 3.89. The number of amides is 2. The molecule has 0 fully saturated rings. The molecule has 0 aliphatic carbocycles. The fourth-order valence-corrected chi connectivity index (χ4v) is 4.61. The van der Waals surface area contributed by atoms with Crippen molar-refractivity contribution in [2.24, 2.45) is 5.92 Å². The number of nitriles is 1. The number of aryl methyl sites for hydroxylation is 1. The van der Waals surface area contributed by atoms with Gasteiger partial charge in [-0.05, 0) is 36.6 Å². The maximum absolute atomic E-state index is 14.7. The van der Waals surface area contributed by atoms with E-state index in [1.54, 1.807) is 19.1 Å². The van der Waals surface area contributed by atoms with Crippen molar-refractivity contribution >= 4 is 35.2 Å². The molecule has 0 aromatic heterocycles. The monoisotopic (exact) mass is 481 g/mol. The quantitative estimate of drug-likeness (QED) is 0.438. The van der Waals surface area contributed by atoms with Gasteiger partial charge < -0.3 is 15.4 Å². The smallest absolute Gasteiger partial charge is 0.319 e. The van der Waals surface area contributed by atoms with Crippen LogP contribution in [-0.2, 0) is 25.5 Å². The minimum atomic E-state index is -1.43. The summed E-state index contributed by atoms with van der Waals surface area (Å²) in [4.78, 5) is 38.1. The zero-order chi connectivity index (χ0) is 24.7. The van der Waals surface area contributed by atoms with E-state index in [1.807, 2.05) is 31.2 Å². The number of carbonyl (C=O) groups excluding carboxylic acids is 3. The summed E-state index contributed by atoms with van der Waals surface area (Å²) in [5, 5.41) is 15.4. The van der Waals surface area contributed by atoms with Crippen LogP contribution in [0.4, 0.5) is 10.1 Å². The summed E-state index contributed by atoms with van der Waals surface area (Å²) in [6.07, 6.45) is 0.739. The number of ether oxygens (including phenoxy) is 1. The van der Waals surface area contributed by atoms with Gasteiger partial charge in [-0.15, -0.1) is 0 Å². The van der Waals surface area contributed by atoms with Gasteiger partial charge >= 0.3 is 5.97 Å². The van der Waals surface area contributed by atoms with Gasteiger partial charge in [-0.1, -0.05) is 55.1 Å². The fourth-order valence-electron chi connectivity index (χ4n) is 3.76. The number of nitrogens with one attached hydrogen (secondary N) is 2. The molecule has 176 valence electrons. The Morgan fingerprint density at radius 3 is 2.56 bits per heavy atom. The summed E-state index contributed by atoms with van der Waals surface area (Å²) in [7, 11) is 0. The van der Waals surface area contributed by atoms with Crippen molar-refractivity contribution in [1.29, 1.82) is 5.26 Å². The van der Waals surface area contributed by atoms with Gasteiger partial charge in [0.05, 0.1) is 29.0 Å². The summed E-state index contributed by atoms with van der Waals surface area (Å²) < 4.78 is 19.7. The molecule has 2 amide bonds. The second-order valence-electron chi connectivity index (χ2n) is 7.42. The number of carbonyl (C=O) groups is 3. The number of nitrogens with zero attached hydrogens (tertiary/aromatic N) is 1. The molecule has 34 heavy (non-hydrogen) atoms. The van der Waals surface area contributed by atoms with Gasteiger partial charge in [0.25, 0.3) is 0 Å². The van der Waals surface area contributed by atoms with Crippen LogP contribution >= 0.6 is 11.8 Å². The summed E-state index contributed by atoms with van der Waals surface area (Å²) in [6.45, 7) is 3.59. The van der Waals surface area contributed by atoms with E-state index < -0.39 is 29.5 Å². The van der Waals surface area contributed by atoms with Gasteiger partial charge in [-0.25, -0.2) is 4.39 Å². The Kier molecular flexibility index (Phi) is 8.44. The van der Waals surface area contributed by atoms with E-state index in [-0.39, 0.29) is 34.4 Å². The average Bonchev–Trinajstić information content (AvgIpc) is 2.83. The maximum atomic E-state index is 14.7. The molecule has 1 aliphatic rings. The van der Waals surface area contributed by atoms with E-state index in [1.165, 1.54) is 18.2 Å². The molecule has 0 bridgehead atoms. The summed E-state index contributed by atoms with van der Waals surface area (Å²) >= 11 is 0.945. The number of allylic oxidation sites excluding steroid dienone is 1. The van der Waals surface area contributed by atoms with E-state index in [2.05, 4.69) is 10.6 Å². The van der Waals surface area contributed by atoms with Crippen molar-refractivity contribution in [1.82, 2.24) is 5.32 Å². The molecular formula is C25H24FN3O4S. The molecule has 1 aliphatic heterocycles. The van der Waals surface area contributed by atoms with Crippen LogP contribution in [0.1, 0.15) is 30.9 Å². The summed E-state index contributed by atoms with van der Waals surface area (Å²) in [5.74, 6) is -5.26. The molecule has 0 radical (unpaired) electrons. The molecule has 7 nitrogen and oxygen atoms in total. The second-order valence-corrected chi connectivity index (χ2v) is 8.41. The zero-order valence-corrected chi connectivity index (χ0v) is 19.6. The fraction of sp³-hybridized carbons (Fsp3) is 0.280.